The van der Waals surface area contributed by atoms with Gasteiger partial charge in [-0.25, -0.2) is 8.42 Å². The number of rotatable bonds is 4. The average molecular weight is 498 g/mol. The lowest BCUT2D eigenvalue weighted by atomic mass is 10.1. The van der Waals surface area contributed by atoms with E-state index in [0.29, 0.717) is 19.2 Å². The predicted molar refractivity (Wildman–Crippen MR) is 99.7 cm³/mol. The summed E-state index contributed by atoms with van der Waals surface area (Å²) in [6.07, 6.45) is -10.8. The zero-order chi connectivity index (χ0) is 24.9. The largest absolute Gasteiger partial charge is 0.618 e. The SMILES string of the molecule is CC(Oc1ccc(S(C)(=O)=O)cc1C(=O)N1Cc2cc(C(F)(F)F)c[n+]([O-])c2C1)C(F)(F)F. The van der Waals surface area contributed by atoms with E-state index in [4.69, 9.17) is 4.74 Å². The predicted octanol–water partition coefficient (Wildman–Crippen LogP) is 3.23. The molecule has 0 bridgehead atoms. The van der Waals surface area contributed by atoms with Gasteiger partial charge in [0.05, 0.1) is 17.0 Å². The second kappa shape index (κ2) is 8.08. The molecule has 0 N–H and O–H groups in total. The van der Waals surface area contributed by atoms with E-state index in [1.54, 1.807) is 0 Å². The van der Waals surface area contributed by atoms with Gasteiger partial charge in [-0.3, -0.25) is 4.79 Å². The van der Waals surface area contributed by atoms with Gasteiger partial charge in [0.25, 0.3) is 5.91 Å². The Labute approximate surface area is 183 Å². The molecule has 33 heavy (non-hydrogen) atoms. The van der Waals surface area contributed by atoms with Crippen LogP contribution in [0.2, 0.25) is 0 Å². The van der Waals surface area contributed by atoms with E-state index in [9.17, 15) is 44.8 Å². The highest BCUT2D eigenvalue weighted by molar-refractivity contribution is 7.90. The van der Waals surface area contributed by atoms with E-state index >= 15 is 0 Å². The molecule has 2 heterocycles. The maximum atomic E-state index is 13.1. The molecule has 0 aliphatic carbocycles. The first-order valence-corrected chi connectivity index (χ1v) is 11.1. The molecule has 1 amide bonds. The number of carbonyl (C=O) groups is 1. The van der Waals surface area contributed by atoms with Gasteiger partial charge in [-0.15, -0.1) is 0 Å². The van der Waals surface area contributed by atoms with Crippen LogP contribution in [-0.4, -0.2) is 37.8 Å². The fourth-order valence-electron chi connectivity index (χ4n) is 3.14. The second-order valence-electron chi connectivity index (χ2n) is 7.42. The number of amides is 1. The molecule has 1 unspecified atom stereocenters. The van der Waals surface area contributed by atoms with Crippen LogP contribution >= 0.6 is 0 Å². The highest BCUT2D eigenvalue weighted by atomic mass is 32.2. The van der Waals surface area contributed by atoms with Crippen molar-refractivity contribution in [1.82, 2.24) is 4.90 Å². The molecule has 1 aromatic heterocycles. The van der Waals surface area contributed by atoms with Crippen molar-refractivity contribution < 1.29 is 49.0 Å². The number of carbonyl (C=O) groups excluding carboxylic acids is 1. The van der Waals surface area contributed by atoms with Crippen molar-refractivity contribution >= 4 is 15.7 Å². The molecule has 2 aromatic rings. The molecule has 0 saturated heterocycles. The molecule has 1 aliphatic rings. The van der Waals surface area contributed by atoms with Gasteiger partial charge in [0, 0.05) is 11.8 Å². The fraction of sp³-hybridized carbons (Fsp3) is 0.368. The molecular weight excluding hydrogens is 482 g/mol. The third-order valence-electron chi connectivity index (χ3n) is 4.91. The Kier molecular flexibility index (Phi) is 6.02. The molecule has 180 valence electrons. The average Bonchev–Trinajstić information content (AvgIpc) is 3.10. The molecule has 0 fully saturated rings. The fourth-order valence-corrected chi connectivity index (χ4v) is 3.79. The normalized spacial score (nSPS) is 15.3. The summed E-state index contributed by atoms with van der Waals surface area (Å²) in [7, 11) is -3.87. The van der Waals surface area contributed by atoms with Gasteiger partial charge >= 0.3 is 12.4 Å². The van der Waals surface area contributed by atoms with E-state index in [0.717, 1.165) is 29.4 Å². The van der Waals surface area contributed by atoms with Crippen molar-refractivity contribution in [1.29, 1.82) is 0 Å². The number of sulfone groups is 1. The third-order valence-corrected chi connectivity index (χ3v) is 6.02. The summed E-state index contributed by atoms with van der Waals surface area (Å²) < 4.78 is 106. The minimum atomic E-state index is -4.81. The first-order chi connectivity index (χ1) is 15.0. The van der Waals surface area contributed by atoms with Crippen LogP contribution in [-0.2, 0) is 29.1 Å². The number of hydrogen-bond acceptors (Lipinski definition) is 5. The Hall–Kier alpha value is -3.03. The lowest BCUT2D eigenvalue weighted by Gasteiger charge is -2.22. The smallest absolute Gasteiger partial charge is 0.425 e. The van der Waals surface area contributed by atoms with E-state index in [2.05, 4.69) is 0 Å². The molecule has 1 aliphatic heterocycles. The number of aromatic nitrogens is 1. The van der Waals surface area contributed by atoms with Gasteiger partial charge in [-0.2, -0.15) is 31.1 Å². The maximum absolute atomic E-state index is 13.1. The zero-order valence-corrected chi connectivity index (χ0v) is 17.8. The molecule has 1 atom stereocenters. The highest BCUT2D eigenvalue weighted by Gasteiger charge is 2.40. The van der Waals surface area contributed by atoms with Crippen LogP contribution in [0.4, 0.5) is 26.3 Å². The Morgan fingerprint density at radius 2 is 1.79 bits per heavy atom. The van der Waals surface area contributed by atoms with Gasteiger partial charge in [0.1, 0.15) is 17.9 Å². The minimum Gasteiger partial charge on any atom is -0.618 e. The first-order valence-electron chi connectivity index (χ1n) is 9.17. The summed E-state index contributed by atoms with van der Waals surface area (Å²) in [4.78, 5) is 13.6. The lowest BCUT2D eigenvalue weighted by molar-refractivity contribution is -0.615. The minimum absolute atomic E-state index is 0.0263. The molecule has 1 aromatic carbocycles. The van der Waals surface area contributed by atoms with Crippen molar-refractivity contribution in [2.24, 2.45) is 0 Å². The Balaban J connectivity index is 2.00. The van der Waals surface area contributed by atoms with Crippen molar-refractivity contribution in [3.63, 3.8) is 0 Å². The Morgan fingerprint density at radius 1 is 1.15 bits per heavy atom. The van der Waals surface area contributed by atoms with Crippen molar-refractivity contribution in [3.05, 3.63) is 58.1 Å². The van der Waals surface area contributed by atoms with Crippen molar-refractivity contribution in [2.75, 3.05) is 6.26 Å². The molecule has 0 saturated carbocycles. The van der Waals surface area contributed by atoms with E-state index in [-0.39, 0.29) is 20.9 Å². The van der Waals surface area contributed by atoms with Gasteiger partial charge in [-0.1, -0.05) is 0 Å². The summed E-state index contributed by atoms with van der Waals surface area (Å²) in [5, 5.41) is 12.0. The zero-order valence-electron chi connectivity index (χ0n) is 17.0. The number of hydrogen-bond donors (Lipinski definition) is 0. The summed E-state index contributed by atoms with van der Waals surface area (Å²) >= 11 is 0. The maximum Gasteiger partial charge on any atom is 0.425 e. The van der Waals surface area contributed by atoms with Crippen LogP contribution in [0.25, 0.3) is 0 Å². The first kappa shape index (κ1) is 24.6. The topological polar surface area (TPSA) is 90.6 Å². The van der Waals surface area contributed by atoms with Crippen molar-refractivity contribution in [2.45, 2.75) is 43.4 Å². The molecule has 14 heteroatoms. The number of fused-ring (bicyclic) bond motifs is 1. The number of ether oxygens (including phenoxy) is 1. The monoisotopic (exact) mass is 498 g/mol. The summed E-state index contributed by atoms with van der Waals surface area (Å²) in [5.74, 6) is -1.59. The molecule has 3 rings (SSSR count). The molecular formula is C19H16F6N2O5S. The van der Waals surface area contributed by atoms with Crippen LogP contribution in [0.1, 0.15) is 34.1 Å². The summed E-state index contributed by atoms with van der Waals surface area (Å²) in [6.45, 7) is -0.200. The van der Waals surface area contributed by atoms with Crippen molar-refractivity contribution in [3.8, 4) is 5.75 Å². The van der Waals surface area contributed by atoms with Gasteiger partial charge in [0.15, 0.2) is 22.1 Å². The van der Waals surface area contributed by atoms with Crippen LogP contribution in [0.5, 0.6) is 5.75 Å². The van der Waals surface area contributed by atoms with E-state index in [1.165, 1.54) is 0 Å². The molecule has 0 spiro atoms. The number of nitrogens with zero attached hydrogens (tertiary/aromatic N) is 2. The van der Waals surface area contributed by atoms with E-state index < -0.39 is 64.2 Å². The number of halogens is 6. The third kappa shape index (κ3) is 5.15. The Morgan fingerprint density at radius 3 is 2.33 bits per heavy atom. The van der Waals surface area contributed by atoms with E-state index in [1.807, 2.05) is 0 Å². The summed E-state index contributed by atoms with van der Waals surface area (Å²) in [6, 6.07) is 3.38. The standard InChI is InChI=1S/C19H16F6N2O5S/c1-10(18(20,21)22)32-16-4-3-13(33(2,30)31)6-14(16)17(28)26-7-11-5-12(19(23,24)25)8-27(29)15(11)9-26/h3-6,8,10H,7,9H2,1-2H3. The van der Waals surface area contributed by atoms with Gasteiger partial charge in [0.2, 0.25) is 5.69 Å². The molecule has 7 nitrogen and oxygen atoms in total. The van der Waals surface area contributed by atoms with Crippen LogP contribution in [0.15, 0.2) is 35.4 Å². The molecule has 0 radical (unpaired) electrons. The van der Waals surface area contributed by atoms with Gasteiger partial charge < -0.3 is 14.8 Å². The van der Waals surface area contributed by atoms with Crippen LogP contribution in [0.3, 0.4) is 0 Å². The number of pyridine rings is 1. The number of benzene rings is 1. The summed E-state index contributed by atoms with van der Waals surface area (Å²) in [5.41, 5.74) is -2.02. The second-order valence-corrected chi connectivity index (χ2v) is 9.43. The van der Waals surface area contributed by atoms with Crippen LogP contribution in [0, 0.1) is 5.21 Å². The quantitative estimate of drug-likeness (QED) is 0.367. The lowest BCUT2D eigenvalue weighted by Crippen LogP contribution is -2.35. The highest BCUT2D eigenvalue weighted by Crippen LogP contribution is 2.34. The number of alkyl halides is 6. The van der Waals surface area contributed by atoms with Gasteiger partial charge in [-0.05, 0) is 31.2 Å². The van der Waals surface area contributed by atoms with Crippen LogP contribution < -0.4 is 9.47 Å². The Bertz CT molecular complexity index is 1210.